The molecule has 2 fully saturated rings. The van der Waals surface area contributed by atoms with E-state index < -0.39 is 0 Å². The number of nitrogens with one attached hydrogen (secondary N) is 1. The third-order valence-electron chi connectivity index (χ3n) is 3.88. The molecule has 0 aromatic carbocycles. The summed E-state index contributed by atoms with van der Waals surface area (Å²) >= 11 is 0. The van der Waals surface area contributed by atoms with Crippen molar-refractivity contribution in [1.82, 2.24) is 10.3 Å². The van der Waals surface area contributed by atoms with Gasteiger partial charge in [0.05, 0.1) is 17.7 Å². The van der Waals surface area contributed by atoms with E-state index in [0.717, 1.165) is 19.0 Å². The summed E-state index contributed by atoms with van der Waals surface area (Å²) in [4.78, 5) is 7.05. The number of nitrogens with zero attached hydrogens (tertiary/aromatic N) is 2. The molecule has 0 radical (unpaired) electrons. The topological polar surface area (TPSA) is 62.9 Å². The van der Waals surface area contributed by atoms with Crippen LogP contribution in [-0.4, -0.2) is 41.7 Å². The maximum atomic E-state index is 5.92. The van der Waals surface area contributed by atoms with Gasteiger partial charge in [0, 0.05) is 13.1 Å². The van der Waals surface area contributed by atoms with Crippen LogP contribution in [0.3, 0.4) is 0 Å². The molecule has 0 bridgehead atoms. The van der Waals surface area contributed by atoms with E-state index in [1.54, 1.807) is 0 Å². The first-order chi connectivity index (χ1) is 9.00. The van der Waals surface area contributed by atoms with E-state index in [1.807, 2.05) is 0 Å². The maximum absolute atomic E-state index is 5.92. The molecule has 2 rings (SSSR count). The van der Waals surface area contributed by atoms with Crippen molar-refractivity contribution in [3.8, 4) is 0 Å². The molecular formula is C14H28N4O. The largest absolute Gasteiger partial charge is 0.369 e. The van der Waals surface area contributed by atoms with Crippen molar-refractivity contribution in [2.45, 2.75) is 70.6 Å². The molecule has 1 unspecified atom stereocenters. The summed E-state index contributed by atoms with van der Waals surface area (Å²) in [6.07, 6.45) is 6.50. The fourth-order valence-electron chi connectivity index (χ4n) is 3.21. The van der Waals surface area contributed by atoms with Gasteiger partial charge in [-0.15, -0.1) is 0 Å². The zero-order valence-corrected chi connectivity index (χ0v) is 12.5. The smallest absolute Gasteiger partial charge is 0.208 e. The van der Waals surface area contributed by atoms with Crippen LogP contribution in [0.15, 0.2) is 4.99 Å². The van der Waals surface area contributed by atoms with Crippen molar-refractivity contribution in [3.05, 3.63) is 0 Å². The van der Waals surface area contributed by atoms with Crippen LogP contribution in [0.4, 0.5) is 0 Å². The number of aliphatic imine (C=N–C) groups is 1. The Morgan fingerprint density at radius 2 is 2.00 bits per heavy atom. The van der Waals surface area contributed by atoms with Crippen LogP contribution in [0.2, 0.25) is 0 Å². The van der Waals surface area contributed by atoms with Gasteiger partial charge >= 0.3 is 0 Å². The maximum Gasteiger partial charge on any atom is 0.208 e. The summed E-state index contributed by atoms with van der Waals surface area (Å²) < 4.78 is 5.92. The Hall–Kier alpha value is -0.810. The molecule has 1 aliphatic carbocycles. The summed E-state index contributed by atoms with van der Waals surface area (Å²) in [6, 6.07) is 0.432. The first kappa shape index (κ1) is 14.6. The summed E-state index contributed by atoms with van der Waals surface area (Å²) in [7, 11) is 0. The number of hydrogen-bond donors (Lipinski definition) is 2. The number of hydrogen-bond acceptors (Lipinski definition) is 3. The first-order valence-corrected chi connectivity index (χ1v) is 7.47. The molecule has 110 valence electrons. The van der Waals surface area contributed by atoms with E-state index in [1.165, 1.54) is 32.1 Å². The Morgan fingerprint density at radius 3 is 2.58 bits per heavy atom. The minimum Gasteiger partial charge on any atom is -0.369 e. The van der Waals surface area contributed by atoms with Gasteiger partial charge in [0.1, 0.15) is 0 Å². The molecular weight excluding hydrogens is 240 g/mol. The van der Waals surface area contributed by atoms with Crippen molar-refractivity contribution in [2.24, 2.45) is 10.8 Å². The monoisotopic (exact) mass is 268 g/mol. The van der Waals surface area contributed by atoms with E-state index in [2.05, 4.69) is 31.1 Å². The quantitative estimate of drug-likeness (QED) is 0.328. The summed E-state index contributed by atoms with van der Waals surface area (Å²) in [6.45, 7) is 8.00. The molecule has 5 heteroatoms. The highest BCUT2D eigenvalue weighted by Crippen LogP contribution is 2.23. The first-order valence-electron chi connectivity index (χ1n) is 7.47. The normalized spacial score (nSPS) is 29.4. The average molecular weight is 268 g/mol. The Kier molecular flexibility index (Phi) is 4.68. The van der Waals surface area contributed by atoms with E-state index in [-0.39, 0.29) is 11.7 Å². The molecule has 5 nitrogen and oxygen atoms in total. The second-order valence-corrected chi connectivity index (χ2v) is 6.46. The molecule has 1 saturated heterocycles. The van der Waals surface area contributed by atoms with Crippen LogP contribution in [0.25, 0.3) is 0 Å². The van der Waals surface area contributed by atoms with Crippen LogP contribution >= 0.6 is 0 Å². The molecule has 1 heterocycles. The molecule has 0 aromatic rings. The van der Waals surface area contributed by atoms with E-state index in [0.29, 0.717) is 6.04 Å². The van der Waals surface area contributed by atoms with Crippen molar-refractivity contribution in [2.75, 3.05) is 13.1 Å². The molecule has 1 saturated carbocycles. The van der Waals surface area contributed by atoms with Gasteiger partial charge in [0.15, 0.2) is 0 Å². The van der Waals surface area contributed by atoms with Crippen molar-refractivity contribution >= 4 is 5.96 Å². The van der Waals surface area contributed by atoms with Gasteiger partial charge in [-0.2, -0.15) is 0 Å². The Morgan fingerprint density at radius 1 is 1.32 bits per heavy atom. The minimum atomic E-state index is -0.151. The highest BCUT2D eigenvalue weighted by molar-refractivity contribution is 5.79. The highest BCUT2D eigenvalue weighted by atomic mass is 16.5. The number of morpholine rings is 1. The van der Waals surface area contributed by atoms with Crippen LogP contribution in [0.5, 0.6) is 0 Å². The fraction of sp³-hybridized carbons (Fsp3) is 0.929. The van der Waals surface area contributed by atoms with E-state index in [9.17, 15) is 0 Å². The number of hydrazine groups is 1. The molecule has 19 heavy (non-hydrogen) atoms. The second kappa shape index (κ2) is 6.09. The molecule has 3 N–H and O–H groups in total. The van der Waals surface area contributed by atoms with Crippen molar-refractivity contribution in [1.29, 1.82) is 0 Å². The van der Waals surface area contributed by atoms with Gasteiger partial charge in [-0.1, -0.05) is 19.3 Å². The van der Waals surface area contributed by atoms with Crippen LogP contribution in [-0.2, 0) is 4.74 Å². The second-order valence-electron chi connectivity index (χ2n) is 6.46. The fourth-order valence-corrected chi connectivity index (χ4v) is 3.21. The zero-order valence-electron chi connectivity index (χ0n) is 12.5. The number of ether oxygens (including phenoxy) is 1. The molecule has 1 aliphatic heterocycles. The average Bonchev–Trinajstić information content (AvgIpc) is 2.34. The van der Waals surface area contributed by atoms with Gasteiger partial charge in [-0.25, -0.2) is 10.8 Å². The number of rotatable bonds is 1. The highest BCUT2D eigenvalue weighted by Gasteiger charge is 2.33. The Balaban J connectivity index is 2.05. The van der Waals surface area contributed by atoms with E-state index in [4.69, 9.17) is 15.6 Å². The molecule has 0 amide bonds. The molecule has 0 spiro atoms. The summed E-state index contributed by atoms with van der Waals surface area (Å²) in [5.74, 6) is 6.52. The minimum absolute atomic E-state index is 0.151. The zero-order chi connectivity index (χ0) is 13.9. The van der Waals surface area contributed by atoms with Gasteiger partial charge in [0.2, 0.25) is 5.96 Å². The Labute approximate surface area is 116 Å². The van der Waals surface area contributed by atoms with Crippen LogP contribution in [0.1, 0.15) is 52.9 Å². The summed E-state index contributed by atoms with van der Waals surface area (Å²) in [5.41, 5.74) is 2.65. The molecule has 1 atom stereocenters. The van der Waals surface area contributed by atoms with Crippen LogP contribution < -0.4 is 11.3 Å². The van der Waals surface area contributed by atoms with Gasteiger partial charge < -0.3 is 9.64 Å². The predicted molar refractivity (Wildman–Crippen MR) is 77.8 cm³/mol. The Bertz CT molecular complexity index is 323. The van der Waals surface area contributed by atoms with Gasteiger partial charge in [-0.05, 0) is 33.6 Å². The lowest BCUT2D eigenvalue weighted by Crippen LogP contribution is -2.58. The standard InChI is InChI=1S/C14H28N4O/c1-11-9-18(10-14(2,3)19-11)13(17-15)16-12-7-5-4-6-8-12/h11-12H,4-10,15H2,1-3H3,(H,16,17). The third kappa shape index (κ3) is 4.08. The lowest BCUT2D eigenvalue weighted by molar-refractivity contribution is -0.113. The number of nitrogens with two attached hydrogens (primary N) is 1. The lowest BCUT2D eigenvalue weighted by Gasteiger charge is -2.43. The lowest BCUT2D eigenvalue weighted by atomic mass is 9.96. The predicted octanol–water partition coefficient (Wildman–Crippen LogP) is 1.64. The van der Waals surface area contributed by atoms with Gasteiger partial charge in [-0.3, -0.25) is 5.43 Å². The van der Waals surface area contributed by atoms with E-state index >= 15 is 0 Å². The molecule has 0 aromatic heterocycles. The van der Waals surface area contributed by atoms with Crippen molar-refractivity contribution in [3.63, 3.8) is 0 Å². The number of guanidine groups is 1. The van der Waals surface area contributed by atoms with Crippen LogP contribution in [0, 0.1) is 0 Å². The van der Waals surface area contributed by atoms with Gasteiger partial charge in [0.25, 0.3) is 0 Å². The van der Waals surface area contributed by atoms with Crippen molar-refractivity contribution < 1.29 is 4.74 Å². The SMILES string of the molecule is CC1CN(C(=NC2CCCCC2)NN)CC(C)(C)O1. The summed E-state index contributed by atoms with van der Waals surface area (Å²) in [5, 5.41) is 0. The molecule has 2 aliphatic rings. The third-order valence-corrected chi connectivity index (χ3v) is 3.88.